The van der Waals surface area contributed by atoms with Crippen LogP contribution in [0.3, 0.4) is 0 Å². The van der Waals surface area contributed by atoms with Crippen molar-refractivity contribution in [3.63, 3.8) is 0 Å². The molecule has 6 nitrogen and oxygen atoms in total. The number of fused-ring (bicyclic) bond motifs is 1. The van der Waals surface area contributed by atoms with Gasteiger partial charge in [0, 0.05) is 24.8 Å². The summed E-state index contributed by atoms with van der Waals surface area (Å²) in [5, 5.41) is 3.92. The topological polar surface area (TPSA) is 80.1 Å². The van der Waals surface area contributed by atoms with Crippen molar-refractivity contribution in [3.05, 3.63) is 66.2 Å². The number of hydrogen-bond donors (Lipinski definition) is 1. The maximum absolute atomic E-state index is 11.8. The standard InChI is InChI=1S/C15H11N5O/c21-15(12-2-1-5-16-10-12)20-19-9-11-3-4-13-14(8-11)18-7-6-17-13/h1-10H,(H,20,21). The molecule has 102 valence electrons. The molecule has 3 aromatic rings. The predicted octanol–water partition coefficient (Wildman–Crippen LogP) is 1.79. The van der Waals surface area contributed by atoms with Crippen LogP contribution < -0.4 is 5.43 Å². The minimum Gasteiger partial charge on any atom is -0.267 e. The number of rotatable bonds is 3. The van der Waals surface area contributed by atoms with E-state index in [9.17, 15) is 4.79 Å². The van der Waals surface area contributed by atoms with E-state index in [1.54, 1.807) is 36.9 Å². The second-order valence-corrected chi connectivity index (χ2v) is 4.25. The van der Waals surface area contributed by atoms with Crippen LogP contribution in [-0.2, 0) is 0 Å². The summed E-state index contributed by atoms with van der Waals surface area (Å²) in [6, 6.07) is 8.93. The Morgan fingerprint density at radius 3 is 2.76 bits per heavy atom. The lowest BCUT2D eigenvalue weighted by molar-refractivity contribution is 0.0955. The quantitative estimate of drug-likeness (QED) is 0.584. The second-order valence-electron chi connectivity index (χ2n) is 4.25. The molecule has 21 heavy (non-hydrogen) atoms. The maximum Gasteiger partial charge on any atom is 0.272 e. The highest BCUT2D eigenvalue weighted by atomic mass is 16.2. The highest BCUT2D eigenvalue weighted by Gasteiger charge is 2.02. The summed E-state index contributed by atoms with van der Waals surface area (Å²) in [7, 11) is 0. The first-order chi connectivity index (χ1) is 10.3. The molecule has 0 bridgehead atoms. The van der Waals surface area contributed by atoms with E-state index >= 15 is 0 Å². The van der Waals surface area contributed by atoms with Crippen LogP contribution >= 0.6 is 0 Å². The number of pyridine rings is 1. The van der Waals surface area contributed by atoms with E-state index in [0.29, 0.717) is 5.56 Å². The average Bonchev–Trinajstić information content (AvgIpc) is 2.55. The number of carbonyl (C=O) groups excluding carboxylic acids is 1. The molecule has 0 aliphatic rings. The van der Waals surface area contributed by atoms with Crippen LogP contribution in [0.25, 0.3) is 11.0 Å². The normalized spacial score (nSPS) is 10.9. The number of amides is 1. The van der Waals surface area contributed by atoms with Gasteiger partial charge in [-0.25, -0.2) is 5.43 Å². The number of carbonyl (C=O) groups is 1. The number of benzene rings is 1. The summed E-state index contributed by atoms with van der Waals surface area (Å²) in [4.78, 5) is 24.0. The summed E-state index contributed by atoms with van der Waals surface area (Å²) in [6.45, 7) is 0. The Morgan fingerprint density at radius 1 is 1.10 bits per heavy atom. The maximum atomic E-state index is 11.8. The molecule has 1 N–H and O–H groups in total. The molecule has 0 saturated carbocycles. The molecule has 0 saturated heterocycles. The lowest BCUT2D eigenvalue weighted by atomic mass is 10.2. The van der Waals surface area contributed by atoms with Gasteiger partial charge in [-0.1, -0.05) is 6.07 Å². The number of hydrogen-bond acceptors (Lipinski definition) is 5. The lowest BCUT2D eigenvalue weighted by Gasteiger charge is -1.99. The van der Waals surface area contributed by atoms with Gasteiger partial charge in [0.2, 0.25) is 0 Å². The minimum atomic E-state index is -0.306. The van der Waals surface area contributed by atoms with E-state index in [1.165, 1.54) is 6.20 Å². The van der Waals surface area contributed by atoms with Crippen LogP contribution in [0.4, 0.5) is 0 Å². The first-order valence-corrected chi connectivity index (χ1v) is 6.27. The summed E-state index contributed by atoms with van der Waals surface area (Å²) in [6.07, 6.45) is 7.92. The Labute approximate surface area is 120 Å². The van der Waals surface area contributed by atoms with Gasteiger partial charge in [0.15, 0.2) is 0 Å². The first kappa shape index (κ1) is 12.9. The number of aromatic nitrogens is 3. The van der Waals surface area contributed by atoms with Crippen LogP contribution in [0.5, 0.6) is 0 Å². The SMILES string of the molecule is O=C(NN=Cc1ccc2nccnc2c1)c1cccnc1. The summed E-state index contributed by atoms with van der Waals surface area (Å²) >= 11 is 0. The van der Waals surface area contributed by atoms with Gasteiger partial charge in [-0.05, 0) is 29.8 Å². The molecule has 0 aliphatic carbocycles. The third-order valence-electron chi connectivity index (χ3n) is 2.80. The highest BCUT2D eigenvalue weighted by molar-refractivity contribution is 5.94. The molecule has 1 amide bonds. The van der Waals surface area contributed by atoms with Gasteiger partial charge in [0.25, 0.3) is 5.91 Å². The van der Waals surface area contributed by atoms with Crippen molar-refractivity contribution in [2.45, 2.75) is 0 Å². The Bertz CT molecular complexity index is 801. The Morgan fingerprint density at radius 2 is 1.95 bits per heavy atom. The molecule has 0 unspecified atom stereocenters. The Hall–Kier alpha value is -3.15. The fraction of sp³-hybridized carbons (Fsp3) is 0. The molecular formula is C15H11N5O. The molecule has 1 aromatic carbocycles. The van der Waals surface area contributed by atoms with Crippen molar-refractivity contribution >= 4 is 23.2 Å². The van der Waals surface area contributed by atoms with Crippen LogP contribution in [0.2, 0.25) is 0 Å². The molecule has 0 radical (unpaired) electrons. The minimum absolute atomic E-state index is 0.306. The van der Waals surface area contributed by atoms with Gasteiger partial charge in [-0.15, -0.1) is 0 Å². The fourth-order valence-corrected chi connectivity index (χ4v) is 1.79. The van der Waals surface area contributed by atoms with E-state index in [2.05, 4.69) is 25.5 Å². The van der Waals surface area contributed by atoms with Crippen molar-refractivity contribution in [2.75, 3.05) is 0 Å². The fourth-order valence-electron chi connectivity index (χ4n) is 1.79. The van der Waals surface area contributed by atoms with Gasteiger partial charge < -0.3 is 0 Å². The van der Waals surface area contributed by atoms with Gasteiger partial charge in [0.05, 0.1) is 22.8 Å². The van der Waals surface area contributed by atoms with Crippen molar-refractivity contribution in [2.24, 2.45) is 5.10 Å². The number of hydrazone groups is 1. The molecule has 2 heterocycles. The van der Waals surface area contributed by atoms with E-state index in [0.717, 1.165) is 16.6 Å². The summed E-state index contributed by atoms with van der Waals surface area (Å²) < 4.78 is 0. The summed E-state index contributed by atoms with van der Waals surface area (Å²) in [5.41, 5.74) is 5.33. The van der Waals surface area contributed by atoms with E-state index < -0.39 is 0 Å². The van der Waals surface area contributed by atoms with Gasteiger partial charge in [-0.3, -0.25) is 19.7 Å². The average molecular weight is 277 g/mol. The van der Waals surface area contributed by atoms with Crippen LogP contribution in [-0.4, -0.2) is 27.1 Å². The molecule has 0 fully saturated rings. The Balaban J connectivity index is 1.71. The van der Waals surface area contributed by atoms with Crippen LogP contribution in [0, 0.1) is 0 Å². The van der Waals surface area contributed by atoms with Gasteiger partial charge >= 0.3 is 0 Å². The van der Waals surface area contributed by atoms with Crippen LogP contribution in [0.15, 0.2) is 60.2 Å². The van der Waals surface area contributed by atoms with Gasteiger partial charge in [0.1, 0.15) is 0 Å². The monoisotopic (exact) mass is 277 g/mol. The zero-order valence-corrected chi connectivity index (χ0v) is 11.0. The smallest absolute Gasteiger partial charge is 0.267 e. The molecule has 3 rings (SSSR count). The van der Waals surface area contributed by atoms with Crippen molar-refractivity contribution in [1.82, 2.24) is 20.4 Å². The second kappa shape index (κ2) is 5.87. The van der Waals surface area contributed by atoms with Crippen LogP contribution in [0.1, 0.15) is 15.9 Å². The third-order valence-corrected chi connectivity index (χ3v) is 2.80. The summed E-state index contributed by atoms with van der Waals surface area (Å²) in [5.74, 6) is -0.306. The molecule has 0 atom stereocenters. The van der Waals surface area contributed by atoms with E-state index in [-0.39, 0.29) is 5.91 Å². The molecule has 2 aromatic heterocycles. The van der Waals surface area contributed by atoms with E-state index in [4.69, 9.17) is 0 Å². The van der Waals surface area contributed by atoms with Gasteiger partial charge in [-0.2, -0.15) is 5.10 Å². The van der Waals surface area contributed by atoms with Crippen molar-refractivity contribution in [3.8, 4) is 0 Å². The Kier molecular flexibility index (Phi) is 3.60. The molecule has 6 heteroatoms. The van der Waals surface area contributed by atoms with Crippen molar-refractivity contribution in [1.29, 1.82) is 0 Å². The molecule has 0 aliphatic heterocycles. The highest BCUT2D eigenvalue weighted by Crippen LogP contribution is 2.09. The molecule has 0 spiro atoms. The zero-order chi connectivity index (χ0) is 14.5. The van der Waals surface area contributed by atoms with E-state index in [1.807, 2.05) is 18.2 Å². The zero-order valence-electron chi connectivity index (χ0n) is 11.0. The molecular weight excluding hydrogens is 266 g/mol. The van der Waals surface area contributed by atoms with Crippen molar-refractivity contribution < 1.29 is 4.79 Å². The first-order valence-electron chi connectivity index (χ1n) is 6.27. The number of nitrogens with zero attached hydrogens (tertiary/aromatic N) is 4. The predicted molar refractivity (Wildman–Crippen MR) is 78.8 cm³/mol. The largest absolute Gasteiger partial charge is 0.272 e. The lowest BCUT2D eigenvalue weighted by Crippen LogP contribution is -2.17. The third kappa shape index (κ3) is 3.06. The number of nitrogens with one attached hydrogen (secondary N) is 1.